The maximum atomic E-state index is 12.5. The molecular weight excluding hydrogens is 360 g/mol. The lowest BCUT2D eigenvalue weighted by Gasteiger charge is -2.34. The number of aromatic nitrogens is 3. The van der Waals surface area contributed by atoms with E-state index >= 15 is 0 Å². The molecule has 2 aromatic rings. The second-order valence-corrected chi connectivity index (χ2v) is 6.82. The summed E-state index contributed by atoms with van der Waals surface area (Å²) >= 11 is 0. The molecule has 0 saturated carbocycles. The van der Waals surface area contributed by atoms with Crippen molar-refractivity contribution < 1.29 is 14.3 Å². The molecule has 150 valence electrons. The van der Waals surface area contributed by atoms with Crippen LogP contribution in [0.15, 0.2) is 30.5 Å². The van der Waals surface area contributed by atoms with Gasteiger partial charge in [-0.2, -0.15) is 0 Å². The molecule has 0 unspecified atom stereocenters. The Morgan fingerprint density at radius 1 is 1.14 bits per heavy atom. The van der Waals surface area contributed by atoms with Crippen LogP contribution in [0.1, 0.15) is 18.2 Å². The van der Waals surface area contributed by atoms with E-state index < -0.39 is 0 Å². The first kappa shape index (κ1) is 19.8. The van der Waals surface area contributed by atoms with Gasteiger partial charge in [0, 0.05) is 39.6 Å². The number of amides is 2. The molecule has 0 radical (unpaired) electrons. The third kappa shape index (κ3) is 5.53. The number of ether oxygens (including phenoxy) is 1. The van der Waals surface area contributed by atoms with E-state index in [2.05, 4.69) is 32.7 Å². The standard InChI is InChI=1S/C19H26N6O3/c1-15(26)20-11-17-13-25(22-21-17)14-19(27)24-9-7-23(8-10-24)12-16-3-5-18(28-2)6-4-16/h3-6,13H,7-12,14H2,1-2H3,(H,20,26). The van der Waals surface area contributed by atoms with Crippen LogP contribution in [-0.2, 0) is 29.2 Å². The molecule has 1 aliphatic heterocycles. The number of carbonyl (C=O) groups excluding carboxylic acids is 2. The van der Waals surface area contributed by atoms with Gasteiger partial charge in [-0.25, -0.2) is 4.68 Å². The SMILES string of the molecule is COc1ccc(CN2CCN(C(=O)Cn3cc(CNC(C)=O)nn3)CC2)cc1. The van der Waals surface area contributed by atoms with Gasteiger partial charge in [0.05, 0.1) is 19.9 Å². The lowest BCUT2D eigenvalue weighted by molar-refractivity contribution is -0.133. The van der Waals surface area contributed by atoms with Crippen molar-refractivity contribution in [3.63, 3.8) is 0 Å². The zero-order valence-electron chi connectivity index (χ0n) is 16.3. The first-order chi connectivity index (χ1) is 13.5. The van der Waals surface area contributed by atoms with Crippen molar-refractivity contribution in [1.29, 1.82) is 0 Å². The van der Waals surface area contributed by atoms with Gasteiger partial charge < -0.3 is 15.0 Å². The Morgan fingerprint density at radius 2 is 1.86 bits per heavy atom. The molecule has 2 amide bonds. The summed E-state index contributed by atoms with van der Waals surface area (Å²) in [6.07, 6.45) is 1.69. The summed E-state index contributed by atoms with van der Waals surface area (Å²) in [5.41, 5.74) is 1.86. The highest BCUT2D eigenvalue weighted by molar-refractivity contribution is 5.76. The van der Waals surface area contributed by atoms with Gasteiger partial charge in [0.25, 0.3) is 0 Å². The molecule has 0 atom stereocenters. The number of piperazine rings is 1. The fourth-order valence-corrected chi connectivity index (χ4v) is 3.09. The van der Waals surface area contributed by atoms with Crippen LogP contribution < -0.4 is 10.1 Å². The van der Waals surface area contributed by atoms with Crippen LogP contribution in [-0.4, -0.2) is 69.9 Å². The zero-order chi connectivity index (χ0) is 19.9. The van der Waals surface area contributed by atoms with E-state index in [0.29, 0.717) is 25.3 Å². The highest BCUT2D eigenvalue weighted by Crippen LogP contribution is 2.14. The maximum Gasteiger partial charge on any atom is 0.244 e. The largest absolute Gasteiger partial charge is 0.497 e. The van der Waals surface area contributed by atoms with Crippen LogP contribution >= 0.6 is 0 Å². The van der Waals surface area contributed by atoms with Gasteiger partial charge in [-0.3, -0.25) is 14.5 Å². The fraction of sp³-hybridized carbons (Fsp3) is 0.474. The van der Waals surface area contributed by atoms with Crippen LogP contribution in [0.25, 0.3) is 0 Å². The molecule has 9 nitrogen and oxygen atoms in total. The minimum atomic E-state index is -0.127. The van der Waals surface area contributed by atoms with Crippen molar-refractivity contribution >= 4 is 11.8 Å². The summed E-state index contributed by atoms with van der Waals surface area (Å²) in [5, 5.41) is 10.6. The third-order valence-electron chi connectivity index (χ3n) is 4.69. The summed E-state index contributed by atoms with van der Waals surface area (Å²) in [7, 11) is 1.66. The predicted octanol–water partition coefficient (Wildman–Crippen LogP) is 0.267. The minimum absolute atomic E-state index is 0.0278. The highest BCUT2D eigenvalue weighted by Gasteiger charge is 2.21. The molecule has 0 bridgehead atoms. The van der Waals surface area contributed by atoms with Crippen molar-refractivity contribution in [1.82, 2.24) is 30.1 Å². The Hall–Kier alpha value is -2.94. The minimum Gasteiger partial charge on any atom is -0.497 e. The van der Waals surface area contributed by atoms with Gasteiger partial charge in [0.1, 0.15) is 18.0 Å². The molecule has 2 heterocycles. The van der Waals surface area contributed by atoms with E-state index in [0.717, 1.165) is 25.4 Å². The van der Waals surface area contributed by atoms with E-state index in [1.165, 1.54) is 17.2 Å². The third-order valence-corrected chi connectivity index (χ3v) is 4.69. The Morgan fingerprint density at radius 3 is 2.50 bits per heavy atom. The first-order valence-electron chi connectivity index (χ1n) is 9.30. The maximum absolute atomic E-state index is 12.5. The summed E-state index contributed by atoms with van der Waals surface area (Å²) in [6, 6.07) is 8.07. The van der Waals surface area contributed by atoms with Crippen molar-refractivity contribution in [3.8, 4) is 5.75 Å². The molecule has 0 aliphatic carbocycles. The molecule has 1 fully saturated rings. The van der Waals surface area contributed by atoms with Gasteiger partial charge in [-0.1, -0.05) is 17.3 Å². The zero-order valence-corrected chi connectivity index (χ0v) is 16.3. The van der Waals surface area contributed by atoms with E-state index in [-0.39, 0.29) is 18.4 Å². The topological polar surface area (TPSA) is 92.6 Å². The average Bonchev–Trinajstić information content (AvgIpc) is 3.15. The highest BCUT2D eigenvalue weighted by atomic mass is 16.5. The quantitative estimate of drug-likeness (QED) is 0.734. The summed E-state index contributed by atoms with van der Waals surface area (Å²) < 4.78 is 6.70. The molecule has 1 aromatic carbocycles. The Bertz CT molecular complexity index is 796. The molecule has 1 saturated heterocycles. The van der Waals surface area contributed by atoms with Crippen molar-refractivity contribution in [2.45, 2.75) is 26.6 Å². The molecule has 1 aromatic heterocycles. The molecule has 1 aliphatic rings. The van der Waals surface area contributed by atoms with Crippen LogP contribution in [0.3, 0.4) is 0 Å². The van der Waals surface area contributed by atoms with Crippen LogP contribution in [0.2, 0.25) is 0 Å². The van der Waals surface area contributed by atoms with Gasteiger partial charge in [0.2, 0.25) is 11.8 Å². The Kier molecular flexibility index (Phi) is 6.59. The molecule has 28 heavy (non-hydrogen) atoms. The van der Waals surface area contributed by atoms with Crippen molar-refractivity contribution in [2.24, 2.45) is 0 Å². The second-order valence-electron chi connectivity index (χ2n) is 6.82. The number of rotatable bonds is 7. The average molecular weight is 386 g/mol. The van der Waals surface area contributed by atoms with Crippen LogP contribution in [0.5, 0.6) is 5.75 Å². The van der Waals surface area contributed by atoms with Crippen molar-refractivity contribution in [3.05, 3.63) is 41.7 Å². The molecular formula is C19H26N6O3. The lowest BCUT2D eigenvalue weighted by Crippen LogP contribution is -2.49. The number of methoxy groups -OCH3 is 1. The van der Waals surface area contributed by atoms with Crippen LogP contribution in [0, 0.1) is 0 Å². The normalized spacial score (nSPS) is 14.7. The number of carbonyl (C=O) groups is 2. The second kappa shape index (κ2) is 9.32. The van der Waals surface area contributed by atoms with E-state index in [9.17, 15) is 9.59 Å². The molecule has 9 heteroatoms. The number of benzene rings is 1. The Labute approximate surface area is 164 Å². The Balaban J connectivity index is 1.43. The summed E-state index contributed by atoms with van der Waals surface area (Å²) in [6.45, 7) is 5.85. The van der Waals surface area contributed by atoms with Gasteiger partial charge in [-0.05, 0) is 17.7 Å². The smallest absolute Gasteiger partial charge is 0.244 e. The number of nitrogens with zero attached hydrogens (tertiary/aromatic N) is 5. The monoisotopic (exact) mass is 386 g/mol. The molecule has 1 N–H and O–H groups in total. The summed E-state index contributed by atoms with van der Waals surface area (Å²) in [5.74, 6) is 0.755. The van der Waals surface area contributed by atoms with Crippen LogP contribution in [0.4, 0.5) is 0 Å². The number of hydrogen-bond donors (Lipinski definition) is 1. The van der Waals surface area contributed by atoms with Crippen molar-refractivity contribution in [2.75, 3.05) is 33.3 Å². The number of hydrogen-bond acceptors (Lipinski definition) is 6. The van der Waals surface area contributed by atoms with E-state index in [1.54, 1.807) is 13.3 Å². The predicted molar refractivity (Wildman–Crippen MR) is 102 cm³/mol. The van der Waals surface area contributed by atoms with Gasteiger partial charge >= 0.3 is 0 Å². The summed E-state index contributed by atoms with van der Waals surface area (Å²) in [4.78, 5) is 27.7. The lowest BCUT2D eigenvalue weighted by atomic mass is 10.2. The van der Waals surface area contributed by atoms with E-state index in [1.807, 2.05) is 17.0 Å². The van der Waals surface area contributed by atoms with E-state index in [4.69, 9.17) is 4.74 Å². The molecule has 3 rings (SSSR count). The number of nitrogens with one attached hydrogen (secondary N) is 1. The van der Waals surface area contributed by atoms with Gasteiger partial charge in [-0.15, -0.1) is 5.10 Å². The first-order valence-corrected chi connectivity index (χ1v) is 9.30. The molecule has 0 spiro atoms. The fourth-order valence-electron chi connectivity index (χ4n) is 3.09. The van der Waals surface area contributed by atoms with Gasteiger partial charge in [0.15, 0.2) is 0 Å².